The SMILES string of the molecule is CCCCCCc1ccc(-c2c(F)ccc3c2c2ccccc2n2c(C)c(C)nc32)cc1. The number of aryl methyl sites for hydroxylation is 3. The second-order valence-electron chi connectivity index (χ2n) is 8.81. The predicted octanol–water partition coefficient (Wildman–Crippen LogP) is 8.19. The molecule has 2 nitrogen and oxygen atoms in total. The van der Waals surface area contributed by atoms with Gasteiger partial charge in [0.25, 0.3) is 0 Å². The number of halogens is 1. The number of unbranched alkanes of at least 4 members (excludes halogenated alkanes) is 3. The maximum atomic E-state index is 15.4. The Hall–Kier alpha value is -3.20. The van der Waals surface area contributed by atoms with Crippen LogP contribution < -0.4 is 0 Å². The van der Waals surface area contributed by atoms with Crippen LogP contribution in [0.1, 0.15) is 49.6 Å². The van der Waals surface area contributed by atoms with Crippen molar-refractivity contribution in [2.24, 2.45) is 0 Å². The van der Waals surface area contributed by atoms with E-state index < -0.39 is 0 Å². The number of hydrogen-bond donors (Lipinski definition) is 0. The summed E-state index contributed by atoms with van der Waals surface area (Å²) in [6.45, 7) is 6.36. The highest BCUT2D eigenvalue weighted by Gasteiger charge is 2.19. The molecule has 2 heterocycles. The molecule has 0 spiro atoms. The first kappa shape index (κ1) is 20.7. The van der Waals surface area contributed by atoms with Crippen molar-refractivity contribution < 1.29 is 4.39 Å². The molecular formula is C29H29FN2. The van der Waals surface area contributed by atoms with Crippen molar-refractivity contribution in [2.45, 2.75) is 52.9 Å². The summed E-state index contributed by atoms with van der Waals surface area (Å²) in [6, 6.07) is 20.2. The first-order valence-electron chi connectivity index (χ1n) is 11.7. The Morgan fingerprint density at radius 2 is 1.62 bits per heavy atom. The molecule has 0 fully saturated rings. The summed E-state index contributed by atoms with van der Waals surface area (Å²) in [6.07, 6.45) is 6.08. The Morgan fingerprint density at radius 3 is 2.41 bits per heavy atom. The van der Waals surface area contributed by atoms with Crippen molar-refractivity contribution in [1.82, 2.24) is 9.38 Å². The van der Waals surface area contributed by atoms with Gasteiger partial charge in [0.1, 0.15) is 11.5 Å². The second kappa shape index (κ2) is 8.38. The van der Waals surface area contributed by atoms with Gasteiger partial charge >= 0.3 is 0 Å². The lowest BCUT2D eigenvalue weighted by Gasteiger charge is -2.14. The molecule has 3 heteroatoms. The molecule has 0 atom stereocenters. The maximum absolute atomic E-state index is 15.4. The normalized spacial score (nSPS) is 11.8. The number of rotatable bonds is 6. The van der Waals surface area contributed by atoms with E-state index in [-0.39, 0.29) is 5.82 Å². The van der Waals surface area contributed by atoms with Gasteiger partial charge in [-0.25, -0.2) is 9.37 Å². The van der Waals surface area contributed by atoms with Gasteiger partial charge in [0, 0.05) is 27.4 Å². The fraction of sp³-hybridized carbons (Fsp3) is 0.276. The zero-order valence-electron chi connectivity index (χ0n) is 19.1. The van der Waals surface area contributed by atoms with Gasteiger partial charge in [-0.05, 0) is 56.0 Å². The summed E-state index contributed by atoms with van der Waals surface area (Å²) in [5, 5.41) is 2.97. The van der Waals surface area contributed by atoms with E-state index in [0.717, 1.165) is 50.7 Å². The Balaban J connectivity index is 1.72. The fourth-order valence-corrected chi connectivity index (χ4v) is 4.89. The number of nitrogens with zero attached hydrogens (tertiary/aromatic N) is 2. The van der Waals surface area contributed by atoms with Crippen LogP contribution >= 0.6 is 0 Å². The van der Waals surface area contributed by atoms with Crippen molar-refractivity contribution in [3.8, 4) is 11.1 Å². The molecule has 3 aromatic carbocycles. The molecule has 2 aromatic heterocycles. The van der Waals surface area contributed by atoms with Gasteiger partial charge < -0.3 is 0 Å². The highest BCUT2D eigenvalue weighted by molar-refractivity contribution is 6.18. The van der Waals surface area contributed by atoms with Crippen molar-refractivity contribution in [3.05, 3.63) is 83.4 Å². The second-order valence-corrected chi connectivity index (χ2v) is 8.81. The number of aromatic nitrogens is 2. The lowest BCUT2D eigenvalue weighted by Crippen LogP contribution is -1.96. The molecule has 0 unspecified atom stereocenters. The fourth-order valence-electron chi connectivity index (χ4n) is 4.89. The van der Waals surface area contributed by atoms with E-state index >= 15 is 4.39 Å². The first-order chi connectivity index (χ1) is 15.6. The zero-order chi connectivity index (χ0) is 22.2. The number of fused-ring (bicyclic) bond motifs is 6. The molecule has 0 saturated carbocycles. The summed E-state index contributed by atoms with van der Waals surface area (Å²) < 4.78 is 17.6. The summed E-state index contributed by atoms with van der Waals surface area (Å²) in [5.41, 5.74) is 6.97. The van der Waals surface area contributed by atoms with Crippen molar-refractivity contribution in [2.75, 3.05) is 0 Å². The smallest absolute Gasteiger partial charge is 0.145 e. The van der Waals surface area contributed by atoms with Gasteiger partial charge in [-0.2, -0.15) is 0 Å². The number of pyridine rings is 1. The van der Waals surface area contributed by atoms with E-state index in [9.17, 15) is 0 Å². The molecular weight excluding hydrogens is 395 g/mol. The topological polar surface area (TPSA) is 17.3 Å². The molecule has 32 heavy (non-hydrogen) atoms. The molecule has 0 radical (unpaired) electrons. The average Bonchev–Trinajstić information content (AvgIpc) is 3.12. The van der Waals surface area contributed by atoms with Crippen LogP contribution in [-0.4, -0.2) is 9.38 Å². The van der Waals surface area contributed by atoms with Gasteiger partial charge in [-0.15, -0.1) is 0 Å². The Labute approximate surface area is 188 Å². The Bertz CT molecular complexity index is 1430. The molecule has 0 aliphatic rings. The first-order valence-corrected chi connectivity index (χ1v) is 11.7. The molecule has 5 aromatic rings. The van der Waals surface area contributed by atoms with E-state index in [1.165, 1.54) is 31.2 Å². The van der Waals surface area contributed by atoms with Crippen molar-refractivity contribution in [1.29, 1.82) is 0 Å². The molecule has 0 N–H and O–H groups in total. The van der Waals surface area contributed by atoms with Gasteiger partial charge in [0.05, 0.1) is 11.2 Å². The van der Waals surface area contributed by atoms with Gasteiger partial charge in [-0.3, -0.25) is 4.40 Å². The van der Waals surface area contributed by atoms with Gasteiger partial charge in [0.2, 0.25) is 0 Å². The average molecular weight is 425 g/mol. The summed E-state index contributed by atoms with van der Waals surface area (Å²) >= 11 is 0. The molecule has 0 amide bonds. The van der Waals surface area contributed by atoms with Crippen LogP contribution in [0.15, 0.2) is 60.7 Å². The molecule has 0 aliphatic heterocycles. The number of para-hydroxylation sites is 1. The van der Waals surface area contributed by atoms with Crippen LogP contribution in [0.3, 0.4) is 0 Å². The molecule has 0 bridgehead atoms. The van der Waals surface area contributed by atoms with Gasteiger partial charge in [0.15, 0.2) is 0 Å². The van der Waals surface area contributed by atoms with Crippen LogP contribution in [0.5, 0.6) is 0 Å². The predicted molar refractivity (Wildman–Crippen MR) is 133 cm³/mol. The highest BCUT2D eigenvalue weighted by atomic mass is 19.1. The maximum Gasteiger partial charge on any atom is 0.145 e. The Kier molecular flexibility index (Phi) is 5.42. The van der Waals surface area contributed by atoms with Crippen molar-refractivity contribution >= 4 is 27.3 Å². The molecule has 0 saturated heterocycles. The third-order valence-corrected chi connectivity index (χ3v) is 6.72. The minimum atomic E-state index is -0.192. The Morgan fingerprint density at radius 1 is 0.844 bits per heavy atom. The zero-order valence-corrected chi connectivity index (χ0v) is 19.1. The minimum absolute atomic E-state index is 0.192. The number of imidazole rings is 1. The van der Waals surface area contributed by atoms with Crippen LogP contribution in [0.4, 0.5) is 4.39 Å². The molecule has 162 valence electrons. The quantitative estimate of drug-likeness (QED) is 0.198. The summed E-state index contributed by atoms with van der Waals surface area (Å²) in [5.74, 6) is -0.192. The van der Waals surface area contributed by atoms with E-state index in [1.54, 1.807) is 6.07 Å². The molecule has 5 rings (SSSR count). The number of hydrogen-bond acceptors (Lipinski definition) is 1. The summed E-state index contributed by atoms with van der Waals surface area (Å²) in [7, 11) is 0. The van der Waals surface area contributed by atoms with Crippen LogP contribution in [0, 0.1) is 19.7 Å². The van der Waals surface area contributed by atoms with Crippen LogP contribution in [0.25, 0.3) is 38.4 Å². The lowest BCUT2D eigenvalue weighted by atomic mass is 9.94. The third kappa shape index (κ3) is 3.37. The van der Waals surface area contributed by atoms with Crippen LogP contribution in [-0.2, 0) is 6.42 Å². The van der Waals surface area contributed by atoms with E-state index in [1.807, 2.05) is 25.1 Å². The standard InChI is InChI=1S/C29H29FN2/c1-4-5-6-7-10-21-13-15-22(16-14-21)27-25(30)18-17-24-28(27)23-11-8-9-12-26(23)32-20(3)19(2)31-29(24)32/h8-9,11-18H,4-7,10H2,1-3H3. The number of benzene rings is 3. The van der Waals surface area contributed by atoms with E-state index in [2.05, 4.69) is 54.6 Å². The third-order valence-electron chi connectivity index (χ3n) is 6.72. The van der Waals surface area contributed by atoms with Crippen molar-refractivity contribution in [3.63, 3.8) is 0 Å². The minimum Gasteiger partial charge on any atom is -0.296 e. The lowest BCUT2D eigenvalue weighted by molar-refractivity contribution is 0.633. The monoisotopic (exact) mass is 424 g/mol. The highest BCUT2D eigenvalue weighted by Crippen LogP contribution is 2.39. The van der Waals surface area contributed by atoms with Gasteiger partial charge in [-0.1, -0.05) is 68.7 Å². The summed E-state index contributed by atoms with van der Waals surface area (Å²) in [4.78, 5) is 4.86. The van der Waals surface area contributed by atoms with E-state index in [4.69, 9.17) is 4.98 Å². The largest absolute Gasteiger partial charge is 0.296 e. The molecule has 0 aliphatic carbocycles. The van der Waals surface area contributed by atoms with Crippen LogP contribution in [0.2, 0.25) is 0 Å². The van der Waals surface area contributed by atoms with E-state index in [0.29, 0.717) is 5.56 Å².